The van der Waals surface area contributed by atoms with Crippen LogP contribution in [0.4, 0.5) is 5.82 Å². The van der Waals surface area contributed by atoms with E-state index in [9.17, 15) is 9.59 Å². The van der Waals surface area contributed by atoms with Crippen LogP contribution in [0, 0.1) is 0 Å². The second-order valence-corrected chi connectivity index (χ2v) is 8.22. The predicted molar refractivity (Wildman–Crippen MR) is 117 cm³/mol. The standard InChI is InChI=1S/C23H29N5O3/c1-24-20-13-19(17-12-21(29)27(2)14-17)25-23(26-20)16-8-10-28(11-9-16)22(30)15-31-18-6-4-3-5-7-18/h3-7,13,16-17H,8-12,14-15H2,1-2H3,(H,24,25,26)/t17-/m0/s1. The van der Waals surface area contributed by atoms with Crippen molar-refractivity contribution in [2.24, 2.45) is 0 Å². The van der Waals surface area contributed by atoms with Gasteiger partial charge in [0, 0.05) is 58.1 Å². The Hall–Kier alpha value is -3.16. The maximum absolute atomic E-state index is 12.5. The van der Waals surface area contributed by atoms with E-state index in [2.05, 4.69) is 10.3 Å². The van der Waals surface area contributed by atoms with Crippen molar-refractivity contribution < 1.29 is 14.3 Å². The lowest BCUT2D eigenvalue weighted by Gasteiger charge is -2.31. The van der Waals surface area contributed by atoms with E-state index >= 15 is 0 Å². The summed E-state index contributed by atoms with van der Waals surface area (Å²) in [5.41, 5.74) is 0.918. The average molecular weight is 424 g/mol. The number of rotatable bonds is 6. The number of hydrogen-bond donors (Lipinski definition) is 1. The molecule has 0 aliphatic carbocycles. The van der Waals surface area contributed by atoms with Gasteiger partial charge in [-0.05, 0) is 25.0 Å². The smallest absolute Gasteiger partial charge is 0.260 e. The minimum Gasteiger partial charge on any atom is -0.484 e. The molecule has 0 saturated carbocycles. The van der Waals surface area contributed by atoms with E-state index < -0.39 is 0 Å². The molecule has 0 spiro atoms. The molecule has 2 saturated heterocycles. The quantitative estimate of drug-likeness (QED) is 0.767. The fourth-order valence-electron chi connectivity index (χ4n) is 4.21. The first-order valence-electron chi connectivity index (χ1n) is 10.8. The summed E-state index contributed by atoms with van der Waals surface area (Å²) in [6.07, 6.45) is 2.12. The van der Waals surface area contributed by atoms with Gasteiger partial charge in [-0.1, -0.05) is 18.2 Å². The van der Waals surface area contributed by atoms with Gasteiger partial charge < -0.3 is 19.9 Å². The van der Waals surface area contributed by atoms with Crippen LogP contribution in [0.3, 0.4) is 0 Å². The number of hydrogen-bond acceptors (Lipinski definition) is 6. The SMILES string of the molecule is CNc1cc([C@H]2CC(=O)N(C)C2)nc(C2CCN(C(=O)COc3ccccc3)CC2)n1. The molecule has 3 heterocycles. The van der Waals surface area contributed by atoms with E-state index in [0.29, 0.717) is 31.8 Å². The second kappa shape index (κ2) is 9.32. The van der Waals surface area contributed by atoms with E-state index in [1.807, 2.05) is 55.4 Å². The molecule has 2 aromatic rings. The summed E-state index contributed by atoms with van der Waals surface area (Å²) in [7, 11) is 3.67. The third kappa shape index (κ3) is 4.95. The lowest BCUT2D eigenvalue weighted by Crippen LogP contribution is -2.40. The molecule has 8 heteroatoms. The lowest BCUT2D eigenvalue weighted by molar-refractivity contribution is -0.134. The van der Waals surface area contributed by atoms with E-state index in [1.165, 1.54) is 0 Å². The molecule has 0 bridgehead atoms. The fourth-order valence-corrected chi connectivity index (χ4v) is 4.21. The van der Waals surface area contributed by atoms with Crippen molar-refractivity contribution in [2.75, 3.05) is 45.7 Å². The highest BCUT2D eigenvalue weighted by Gasteiger charge is 2.31. The number of likely N-dealkylation sites (tertiary alicyclic amines) is 2. The molecule has 2 amide bonds. The number of benzene rings is 1. The minimum atomic E-state index is 0.000362. The van der Waals surface area contributed by atoms with Crippen LogP contribution in [0.2, 0.25) is 0 Å². The van der Waals surface area contributed by atoms with Crippen LogP contribution >= 0.6 is 0 Å². The number of piperidine rings is 1. The molecule has 0 radical (unpaired) electrons. The van der Waals surface area contributed by atoms with Crippen LogP contribution in [-0.4, -0.2) is 71.9 Å². The van der Waals surface area contributed by atoms with Crippen LogP contribution < -0.4 is 10.1 Å². The summed E-state index contributed by atoms with van der Waals surface area (Å²) in [6.45, 7) is 2.06. The highest BCUT2D eigenvalue weighted by molar-refractivity contribution is 5.79. The summed E-state index contributed by atoms with van der Waals surface area (Å²) in [5.74, 6) is 2.73. The normalized spacial score (nSPS) is 19.5. The van der Waals surface area contributed by atoms with Crippen molar-refractivity contribution in [1.29, 1.82) is 0 Å². The summed E-state index contributed by atoms with van der Waals surface area (Å²) in [6, 6.07) is 11.3. The van der Waals surface area contributed by atoms with E-state index in [0.717, 1.165) is 30.2 Å². The molecule has 2 aliphatic heterocycles. The van der Waals surface area contributed by atoms with Crippen LogP contribution in [0.5, 0.6) is 5.75 Å². The molecule has 1 aromatic heterocycles. The molecular weight excluding hydrogens is 394 g/mol. The number of carbonyl (C=O) groups excluding carboxylic acids is 2. The number of amides is 2. The zero-order chi connectivity index (χ0) is 21.8. The van der Waals surface area contributed by atoms with Gasteiger partial charge in [0.1, 0.15) is 17.4 Å². The third-order valence-corrected chi connectivity index (χ3v) is 6.10. The van der Waals surface area contributed by atoms with Crippen molar-refractivity contribution in [3.63, 3.8) is 0 Å². The maximum Gasteiger partial charge on any atom is 0.260 e. The number of carbonyl (C=O) groups is 2. The van der Waals surface area contributed by atoms with Crippen LogP contribution in [0.1, 0.15) is 42.6 Å². The second-order valence-electron chi connectivity index (χ2n) is 8.22. The Morgan fingerprint density at radius 1 is 1.16 bits per heavy atom. The van der Waals surface area contributed by atoms with Gasteiger partial charge in [-0.3, -0.25) is 9.59 Å². The first-order valence-corrected chi connectivity index (χ1v) is 10.8. The number of nitrogens with zero attached hydrogens (tertiary/aromatic N) is 4. The van der Waals surface area contributed by atoms with Gasteiger partial charge in [0.2, 0.25) is 5.91 Å². The number of nitrogens with one attached hydrogen (secondary N) is 1. The van der Waals surface area contributed by atoms with Gasteiger partial charge in [-0.15, -0.1) is 0 Å². The van der Waals surface area contributed by atoms with Crippen molar-refractivity contribution in [3.8, 4) is 5.75 Å². The highest BCUT2D eigenvalue weighted by Crippen LogP contribution is 2.31. The van der Waals surface area contributed by atoms with Gasteiger partial charge in [-0.2, -0.15) is 0 Å². The van der Waals surface area contributed by atoms with Crippen LogP contribution in [0.15, 0.2) is 36.4 Å². The first kappa shape index (κ1) is 21.1. The number of anilines is 1. The molecule has 1 aromatic carbocycles. The summed E-state index contributed by atoms with van der Waals surface area (Å²) in [5, 5.41) is 3.12. The first-order chi connectivity index (χ1) is 15.0. The molecule has 8 nitrogen and oxygen atoms in total. The summed E-state index contributed by atoms with van der Waals surface area (Å²) < 4.78 is 5.60. The molecular formula is C23H29N5O3. The topological polar surface area (TPSA) is 87.7 Å². The Kier molecular flexibility index (Phi) is 6.34. The summed E-state index contributed by atoms with van der Waals surface area (Å²) in [4.78, 5) is 37.6. The van der Waals surface area contributed by atoms with E-state index in [1.54, 1.807) is 4.90 Å². The van der Waals surface area contributed by atoms with Crippen molar-refractivity contribution >= 4 is 17.6 Å². The zero-order valence-electron chi connectivity index (χ0n) is 18.1. The molecule has 4 rings (SSSR count). The molecule has 164 valence electrons. The predicted octanol–water partition coefficient (Wildman–Crippen LogP) is 2.25. The largest absolute Gasteiger partial charge is 0.484 e. The molecule has 1 N–H and O–H groups in total. The monoisotopic (exact) mass is 423 g/mol. The Morgan fingerprint density at radius 3 is 2.55 bits per heavy atom. The van der Waals surface area contributed by atoms with Gasteiger partial charge in [0.05, 0.1) is 5.69 Å². The maximum atomic E-state index is 12.5. The van der Waals surface area contributed by atoms with E-state index in [-0.39, 0.29) is 30.3 Å². The number of aromatic nitrogens is 2. The van der Waals surface area contributed by atoms with Gasteiger partial charge in [0.25, 0.3) is 5.91 Å². The fraction of sp³-hybridized carbons (Fsp3) is 0.478. The molecule has 2 fully saturated rings. The van der Waals surface area contributed by atoms with Crippen molar-refractivity contribution in [3.05, 3.63) is 47.9 Å². The molecule has 0 unspecified atom stereocenters. The minimum absolute atomic E-state index is 0.000362. The number of likely N-dealkylation sites (N-methyl/N-ethyl adjacent to an activating group) is 1. The zero-order valence-corrected chi connectivity index (χ0v) is 18.1. The lowest BCUT2D eigenvalue weighted by atomic mass is 9.95. The van der Waals surface area contributed by atoms with Gasteiger partial charge in [-0.25, -0.2) is 9.97 Å². The van der Waals surface area contributed by atoms with Gasteiger partial charge >= 0.3 is 0 Å². The Morgan fingerprint density at radius 2 is 1.90 bits per heavy atom. The molecule has 1 atom stereocenters. The van der Waals surface area contributed by atoms with Gasteiger partial charge in [0.15, 0.2) is 6.61 Å². The van der Waals surface area contributed by atoms with Crippen LogP contribution in [-0.2, 0) is 9.59 Å². The average Bonchev–Trinajstić information content (AvgIpc) is 3.16. The van der Waals surface area contributed by atoms with Crippen LogP contribution in [0.25, 0.3) is 0 Å². The third-order valence-electron chi connectivity index (χ3n) is 6.10. The molecule has 2 aliphatic rings. The number of para-hydroxylation sites is 1. The number of ether oxygens (including phenoxy) is 1. The Labute approximate surface area is 182 Å². The van der Waals surface area contributed by atoms with Crippen molar-refractivity contribution in [2.45, 2.75) is 31.1 Å². The summed E-state index contributed by atoms with van der Waals surface area (Å²) >= 11 is 0. The Balaban J connectivity index is 1.37. The van der Waals surface area contributed by atoms with Crippen molar-refractivity contribution in [1.82, 2.24) is 19.8 Å². The Bertz CT molecular complexity index is 928. The van der Waals surface area contributed by atoms with E-state index in [4.69, 9.17) is 9.72 Å². The molecule has 31 heavy (non-hydrogen) atoms. The highest BCUT2D eigenvalue weighted by atomic mass is 16.5.